The predicted octanol–water partition coefficient (Wildman–Crippen LogP) is 1.94. The third kappa shape index (κ3) is 4.67. The van der Waals surface area contributed by atoms with E-state index in [1.165, 1.54) is 19.3 Å². The molecule has 2 amide bonds. The van der Waals surface area contributed by atoms with Crippen molar-refractivity contribution in [2.24, 2.45) is 5.92 Å². The number of rotatable bonds is 8. The van der Waals surface area contributed by atoms with E-state index in [-0.39, 0.29) is 17.7 Å². The zero-order chi connectivity index (χ0) is 13.4. The molecule has 0 saturated carbocycles. The van der Waals surface area contributed by atoms with Crippen LogP contribution in [0, 0.1) is 5.92 Å². The first-order chi connectivity index (χ1) is 8.69. The van der Waals surface area contributed by atoms with Crippen molar-refractivity contribution in [3.8, 4) is 0 Å². The second-order valence-corrected chi connectivity index (χ2v) is 5.09. The van der Waals surface area contributed by atoms with Crippen molar-refractivity contribution in [1.82, 2.24) is 10.2 Å². The summed E-state index contributed by atoms with van der Waals surface area (Å²) in [5.74, 6) is 0.0525. The molecule has 4 heteroatoms. The Balaban J connectivity index is 2.20. The van der Waals surface area contributed by atoms with Crippen LogP contribution in [-0.4, -0.2) is 36.3 Å². The van der Waals surface area contributed by atoms with E-state index < -0.39 is 0 Å². The first-order valence-electron chi connectivity index (χ1n) is 7.24. The van der Waals surface area contributed by atoms with Crippen molar-refractivity contribution in [1.29, 1.82) is 0 Å². The van der Waals surface area contributed by atoms with Gasteiger partial charge < -0.3 is 10.2 Å². The van der Waals surface area contributed by atoms with Crippen LogP contribution in [0.5, 0.6) is 0 Å². The molecule has 1 aliphatic rings. The molecule has 0 bridgehead atoms. The Morgan fingerprint density at radius 2 is 2.06 bits per heavy atom. The SMILES string of the molecule is CCCCCCNC(=O)C1CC(=O)N(CCC)C1. The lowest BCUT2D eigenvalue weighted by molar-refractivity contribution is -0.129. The molecule has 0 aromatic heterocycles. The van der Waals surface area contributed by atoms with Crippen LogP contribution >= 0.6 is 0 Å². The number of hydrogen-bond donors (Lipinski definition) is 1. The van der Waals surface area contributed by atoms with Crippen LogP contribution in [0.2, 0.25) is 0 Å². The van der Waals surface area contributed by atoms with E-state index in [0.29, 0.717) is 13.0 Å². The molecule has 1 aliphatic heterocycles. The highest BCUT2D eigenvalue weighted by atomic mass is 16.2. The molecule has 1 saturated heterocycles. The van der Waals surface area contributed by atoms with Crippen LogP contribution in [0.1, 0.15) is 52.4 Å². The quantitative estimate of drug-likeness (QED) is 0.673. The highest BCUT2D eigenvalue weighted by Gasteiger charge is 2.33. The number of carbonyl (C=O) groups is 2. The second-order valence-electron chi connectivity index (χ2n) is 5.09. The lowest BCUT2D eigenvalue weighted by Crippen LogP contribution is -2.33. The Morgan fingerprint density at radius 3 is 2.72 bits per heavy atom. The van der Waals surface area contributed by atoms with Crippen LogP contribution < -0.4 is 5.32 Å². The maximum absolute atomic E-state index is 11.9. The van der Waals surface area contributed by atoms with Crippen molar-refractivity contribution in [2.75, 3.05) is 19.6 Å². The third-order valence-corrected chi connectivity index (χ3v) is 3.41. The van der Waals surface area contributed by atoms with Gasteiger partial charge in [0.2, 0.25) is 11.8 Å². The van der Waals surface area contributed by atoms with Crippen molar-refractivity contribution in [2.45, 2.75) is 52.4 Å². The molecule has 1 rings (SSSR count). The Hall–Kier alpha value is -1.06. The number of hydrogen-bond acceptors (Lipinski definition) is 2. The zero-order valence-corrected chi connectivity index (χ0v) is 11.7. The van der Waals surface area contributed by atoms with E-state index in [1.807, 2.05) is 0 Å². The smallest absolute Gasteiger partial charge is 0.225 e. The largest absolute Gasteiger partial charge is 0.356 e. The summed E-state index contributed by atoms with van der Waals surface area (Å²) in [6, 6.07) is 0. The normalized spacial score (nSPS) is 19.3. The van der Waals surface area contributed by atoms with Gasteiger partial charge in [-0.1, -0.05) is 33.1 Å². The molecule has 0 spiro atoms. The standard InChI is InChI=1S/C14H26N2O2/c1-3-5-6-7-8-15-14(18)12-10-13(17)16(11-12)9-4-2/h12H,3-11H2,1-2H3,(H,15,18). The van der Waals surface area contributed by atoms with Gasteiger partial charge in [-0.05, 0) is 12.8 Å². The van der Waals surface area contributed by atoms with E-state index >= 15 is 0 Å². The predicted molar refractivity (Wildman–Crippen MR) is 72.1 cm³/mol. The molecule has 1 fully saturated rings. The number of likely N-dealkylation sites (tertiary alicyclic amines) is 1. The Bertz CT molecular complexity index is 279. The van der Waals surface area contributed by atoms with Crippen LogP contribution in [0.3, 0.4) is 0 Å². The number of unbranched alkanes of at least 4 members (excludes halogenated alkanes) is 3. The molecule has 1 atom stereocenters. The maximum Gasteiger partial charge on any atom is 0.225 e. The van der Waals surface area contributed by atoms with Crippen LogP contribution in [0.4, 0.5) is 0 Å². The summed E-state index contributed by atoms with van der Waals surface area (Å²) in [5.41, 5.74) is 0. The van der Waals surface area contributed by atoms with Gasteiger partial charge in [0.05, 0.1) is 5.92 Å². The fourth-order valence-corrected chi connectivity index (χ4v) is 2.34. The summed E-state index contributed by atoms with van der Waals surface area (Å²) in [6.07, 6.45) is 5.98. The van der Waals surface area contributed by atoms with Crippen molar-refractivity contribution in [3.05, 3.63) is 0 Å². The van der Waals surface area contributed by atoms with Gasteiger partial charge in [0, 0.05) is 26.1 Å². The van der Waals surface area contributed by atoms with Crippen LogP contribution in [-0.2, 0) is 9.59 Å². The van der Waals surface area contributed by atoms with E-state index in [4.69, 9.17) is 0 Å². The molecular weight excluding hydrogens is 228 g/mol. The van der Waals surface area contributed by atoms with E-state index in [1.54, 1.807) is 4.90 Å². The van der Waals surface area contributed by atoms with Crippen molar-refractivity contribution in [3.63, 3.8) is 0 Å². The first-order valence-corrected chi connectivity index (χ1v) is 7.24. The molecule has 104 valence electrons. The van der Waals surface area contributed by atoms with Gasteiger partial charge in [0.25, 0.3) is 0 Å². The molecule has 4 nitrogen and oxygen atoms in total. The molecule has 18 heavy (non-hydrogen) atoms. The van der Waals surface area contributed by atoms with Gasteiger partial charge in [-0.3, -0.25) is 9.59 Å². The molecule has 0 aliphatic carbocycles. The molecule has 0 aromatic carbocycles. The topological polar surface area (TPSA) is 49.4 Å². The minimum absolute atomic E-state index is 0.0541. The molecule has 1 N–H and O–H groups in total. The van der Waals surface area contributed by atoms with Gasteiger partial charge >= 0.3 is 0 Å². The van der Waals surface area contributed by atoms with Crippen LogP contribution in [0.15, 0.2) is 0 Å². The zero-order valence-electron chi connectivity index (χ0n) is 11.7. The summed E-state index contributed by atoms with van der Waals surface area (Å²) >= 11 is 0. The lowest BCUT2D eigenvalue weighted by Gasteiger charge is -2.15. The molecule has 1 unspecified atom stereocenters. The average molecular weight is 254 g/mol. The summed E-state index contributed by atoms with van der Waals surface area (Å²) < 4.78 is 0. The van der Waals surface area contributed by atoms with E-state index in [9.17, 15) is 9.59 Å². The van der Waals surface area contributed by atoms with Crippen LogP contribution in [0.25, 0.3) is 0 Å². The number of nitrogens with zero attached hydrogens (tertiary/aromatic N) is 1. The summed E-state index contributed by atoms with van der Waals surface area (Å²) in [6.45, 7) is 6.35. The van der Waals surface area contributed by atoms with Gasteiger partial charge in [-0.25, -0.2) is 0 Å². The minimum Gasteiger partial charge on any atom is -0.356 e. The summed E-state index contributed by atoms with van der Waals surface area (Å²) in [5, 5.41) is 2.95. The third-order valence-electron chi connectivity index (χ3n) is 3.41. The molecule has 0 aromatic rings. The van der Waals surface area contributed by atoms with E-state index in [0.717, 1.165) is 25.9 Å². The average Bonchev–Trinajstić information content (AvgIpc) is 2.71. The maximum atomic E-state index is 11.9. The Labute approximate surface area is 110 Å². The number of nitrogens with one attached hydrogen (secondary N) is 1. The van der Waals surface area contributed by atoms with Crippen molar-refractivity contribution >= 4 is 11.8 Å². The first kappa shape index (κ1) is 15.0. The Morgan fingerprint density at radius 1 is 1.28 bits per heavy atom. The Kier molecular flexibility index (Phi) is 6.76. The molecule has 0 radical (unpaired) electrons. The van der Waals surface area contributed by atoms with Gasteiger partial charge in [0.15, 0.2) is 0 Å². The fourth-order valence-electron chi connectivity index (χ4n) is 2.34. The van der Waals surface area contributed by atoms with Gasteiger partial charge in [0.1, 0.15) is 0 Å². The highest BCUT2D eigenvalue weighted by Crippen LogP contribution is 2.18. The minimum atomic E-state index is -0.129. The number of amides is 2. The monoisotopic (exact) mass is 254 g/mol. The highest BCUT2D eigenvalue weighted by molar-refractivity contribution is 5.89. The molecule has 1 heterocycles. The van der Waals surface area contributed by atoms with Gasteiger partial charge in [-0.15, -0.1) is 0 Å². The fraction of sp³-hybridized carbons (Fsp3) is 0.857. The van der Waals surface area contributed by atoms with E-state index in [2.05, 4.69) is 19.2 Å². The summed E-state index contributed by atoms with van der Waals surface area (Å²) in [7, 11) is 0. The number of carbonyl (C=O) groups excluding carboxylic acids is 2. The van der Waals surface area contributed by atoms with Gasteiger partial charge in [-0.2, -0.15) is 0 Å². The summed E-state index contributed by atoms with van der Waals surface area (Å²) in [4.78, 5) is 25.3. The molecular formula is C14H26N2O2. The lowest BCUT2D eigenvalue weighted by atomic mass is 10.1. The second kappa shape index (κ2) is 8.11. The van der Waals surface area contributed by atoms with Crippen molar-refractivity contribution < 1.29 is 9.59 Å².